The van der Waals surface area contributed by atoms with E-state index in [1.54, 1.807) is 11.8 Å². The monoisotopic (exact) mass is 307 g/mol. The van der Waals surface area contributed by atoms with E-state index in [-0.39, 0.29) is 24.5 Å². The van der Waals surface area contributed by atoms with Gasteiger partial charge >= 0.3 is 0 Å². The lowest BCUT2D eigenvalue weighted by molar-refractivity contribution is -0.167. The summed E-state index contributed by atoms with van der Waals surface area (Å²) in [5.41, 5.74) is 0.726. The molecule has 0 aliphatic carbocycles. The third kappa shape index (κ3) is 2.96. The maximum atomic E-state index is 12.9. The fourth-order valence-electron chi connectivity index (χ4n) is 3.15. The Morgan fingerprint density at radius 2 is 2.24 bits per heavy atom. The molecule has 1 fully saturated rings. The zero-order valence-electron chi connectivity index (χ0n) is 12.4. The molecule has 1 aromatic rings. The van der Waals surface area contributed by atoms with Gasteiger partial charge in [0.25, 0.3) is 0 Å². The first-order valence-electron chi connectivity index (χ1n) is 7.29. The van der Waals surface area contributed by atoms with E-state index in [9.17, 15) is 9.90 Å². The minimum Gasteiger partial charge on any atom is -0.394 e. The van der Waals surface area contributed by atoms with Gasteiger partial charge < -0.3 is 14.7 Å². The Hall–Kier alpha value is -1.04. The number of fused-ring (bicyclic) bond motifs is 1. The van der Waals surface area contributed by atoms with Crippen LogP contribution in [0.25, 0.3) is 0 Å². The van der Waals surface area contributed by atoms with Crippen molar-refractivity contribution in [3.63, 3.8) is 0 Å². The van der Waals surface area contributed by atoms with E-state index < -0.39 is 5.60 Å². The van der Waals surface area contributed by atoms with Crippen molar-refractivity contribution in [3.05, 3.63) is 29.8 Å². The number of hydrogen-bond donors (Lipinski definition) is 1. The van der Waals surface area contributed by atoms with Crippen molar-refractivity contribution in [1.82, 2.24) is 4.90 Å². The Morgan fingerprint density at radius 3 is 3.00 bits per heavy atom. The number of benzene rings is 1. The summed E-state index contributed by atoms with van der Waals surface area (Å²) in [5.74, 6) is 0.890. The lowest BCUT2D eigenvalue weighted by Crippen LogP contribution is -2.56. The normalized spacial score (nSPS) is 27.5. The van der Waals surface area contributed by atoms with Crippen molar-refractivity contribution in [2.24, 2.45) is 0 Å². The predicted octanol–water partition coefficient (Wildman–Crippen LogP) is 1.87. The first-order valence-corrected chi connectivity index (χ1v) is 8.28. The summed E-state index contributed by atoms with van der Waals surface area (Å²) in [4.78, 5) is 16.0. The minimum atomic E-state index is -0.410. The minimum absolute atomic E-state index is 0.0524. The lowest BCUT2D eigenvalue weighted by atomic mass is 9.97. The van der Waals surface area contributed by atoms with Gasteiger partial charge in [-0.3, -0.25) is 4.79 Å². The van der Waals surface area contributed by atoms with E-state index in [2.05, 4.69) is 6.07 Å². The van der Waals surface area contributed by atoms with Crippen LogP contribution in [-0.4, -0.2) is 53.1 Å². The van der Waals surface area contributed by atoms with E-state index in [1.807, 2.05) is 36.9 Å². The van der Waals surface area contributed by atoms with Gasteiger partial charge in [-0.2, -0.15) is 0 Å². The van der Waals surface area contributed by atoms with E-state index >= 15 is 0 Å². The van der Waals surface area contributed by atoms with Crippen molar-refractivity contribution < 1.29 is 14.6 Å². The Bertz CT molecular complexity index is 546. The van der Waals surface area contributed by atoms with E-state index in [1.165, 1.54) is 4.90 Å². The molecule has 0 aromatic heterocycles. The molecule has 1 saturated heterocycles. The van der Waals surface area contributed by atoms with Gasteiger partial charge in [0.05, 0.1) is 24.2 Å². The Morgan fingerprint density at radius 1 is 1.48 bits per heavy atom. The molecule has 2 aliphatic heterocycles. The number of nitrogens with zero attached hydrogens (tertiary/aromatic N) is 1. The number of carbonyl (C=O) groups excluding carboxylic acids is 1. The van der Waals surface area contributed by atoms with Gasteiger partial charge in [-0.25, -0.2) is 0 Å². The molecule has 0 saturated carbocycles. The number of morpholine rings is 1. The van der Waals surface area contributed by atoms with E-state index in [0.29, 0.717) is 13.1 Å². The Balaban J connectivity index is 1.79. The molecular weight excluding hydrogens is 286 g/mol. The summed E-state index contributed by atoms with van der Waals surface area (Å²) < 4.78 is 5.79. The van der Waals surface area contributed by atoms with Crippen LogP contribution in [0, 0.1) is 0 Å². The van der Waals surface area contributed by atoms with Crippen LogP contribution in [-0.2, 0) is 9.53 Å². The zero-order valence-corrected chi connectivity index (χ0v) is 13.2. The van der Waals surface area contributed by atoms with Gasteiger partial charge in [0.2, 0.25) is 5.91 Å². The topological polar surface area (TPSA) is 49.8 Å². The number of amides is 1. The highest BCUT2D eigenvalue weighted by Crippen LogP contribution is 2.40. The van der Waals surface area contributed by atoms with Gasteiger partial charge in [-0.05, 0) is 25.5 Å². The molecule has 3 rings (SSSR count). The molecule has 2 atom stereocenters. The maximum absolute atomic E-state index is 12.9. The molecule has 0 spiro atoms. The molecule has 2 heterocycles. The average molecular weight is 307 g/mol. The van der Waals surface area contributed by atoms with Crippen LogP contribution in [0.5, 0.6) is 0 Å². The molecule has 0 radical (unpaired) electrons. The Kier molecular flexibility index (Phi) is 3.99. The average Bonchev–Trinajstić information content (AvgIpc) is 2.88. The molecule has 1 amide bonds. The molecule has 21 heavy (non-hydrogen) atoms. The van der Waals surface area contributed by atoms with Crippen molar-refractivity contribution in [2.75, 3.05) is 25.4 Å². The maximum Gasteiger partial charge on any atom is 0.231 e. The van der Waals surface area contributed by atoms with Gasteiger partial charge in [-0.1, -0.05) is 18.2 Å². The van der Waals surface area contributed by atoms with Crippen molar-refractivity contribution in [2.45, 2.75) is 36.4 Å². The quantitative estimate of drug-likeness (QED) is 0.906. The first kappa shape index (κ1) is 14.9. The third-order valence-corrected chi connectivity index (χ3v) is 5.18. The standard InChI is InChI=1S/C16H21NO3S/c1-16(2)10-17(7-11(8-18)20-16)15(19)13-9-21-14-6-4-3-5-12(13)14/h3-6,11,13,18H,7-10H2,1-2H3. The molecule has 114 valence electrons. The first-order chi connectivity index (χ1) is 10.00. The molecule has 2 aliphatic rings. The van der Waals surface area contributed by atoms with Gasteiger partial charge in [0.15, 0.2) is 0 Å². The number of ether oxygens (including phenoxy) is 1. The highest BCUT2D eigenvalue weighted by atomic mass is 32.2. The third-order valence-electron chi connectivity index (χ3n) is 3.99. The molecule has 4 nitrogen and oxygen atoms in total. The number of thioether (sulfide) groups is 1. The van der Waals surface area contributed by atoms with Crippen LogP contribution in [0.2, 0.25) is 0 Å². The van der Waals surface area contributed by atoms with E-state index in [4.69, 9.17) is 4.74 Å². The largest absolute Gasteiger partial charge is 0.394 e. The fraction of sp³-hybridized carbons (Fsp3) is 0.562. The Labute approximate surface area is 129 Å². The van der Waals surface area contributed by atoms with Crippen molar-refractivity contribution in [3.8, 4) is 0 Å². The highest BCUT2D eigenvalue weighted by Gasteiger charge is 2.39. The van der Waals surface area contributed by atoms with Crippen LogP contribution in [0.4, 0.5) is 0 Å². The number of carbonyl (C=O) groups is 1. The molecule has 2 unspecified atom stereocenters. The molecular formula is C16H21NO3S. The van der Waals surface area contributed by atoms with Crippen molar-refractivity contribution in [1.29, 1.82) is 0 Å². The zero-order chi connectivity index (χ0) is 15.0. The SMILES string of the molecule is CC1(C)CN(C(=O)C2CSc3ccccc32)CC(CO)O1. The smallest absolute Gasteiger partial charge is 0.231 e. The van der Waals surface area contributed by atoms with Crippen LogP contribution in [0.3, 0.4) is 0 Å². The van der Waals surface area contributed by atoms with Gasteiger partial charge in [-0.15, -0.1) is 11.8 Å². The van der Waals surface area contributed by atoms with Gasteiger partial charge in [0.1, 0.15) is 0 Å². The summed E-state index contributed by atoms with van der Waals surface area (Å²) in [5, 5.41) is 9.38. The molecule has 1 aromatic carbocycles. The van der Waals surface area contributed by atoms with E-state index in [0.717, 1.165) is 11.3 Å². The fourth-order valence-corrected chi connectivity index (χ4v) is 4.37. The summed E-state index contributed by atoms with van der Waals surface area (Å²) in [6.07, 6.45) is -0.290. The molecule has 0 bridgehead atoms. The van der Waals surface area contributed by atoms with Crippen molar-refractivity contribution >= 4 is 17.7 Å². The van der Waals surface area contributed by atoms with Crippen LogP contribution >= 0.6 is 11.8 Å². The number of rotatable bonds is 2. The molecule has 1 N–H and O–H groups in total. The summed E-state index contributed by atoms with van der Waals surface area (Å²) in [6.45, 7) is 4.93. The number of aliphatic hydroxyl groups is 1. The van der Waals surface area contributed by atoms with Crippen LogP contribution < -0.4 is 0 Å². The second-order valence-electron chi connectivity index (χ2n) is 6.30. The second kappa shape index (κ2) is 5.63. The predicted molar refractivity (Wildman–Crippen MR) is 82.5 cm³/mol. The second-order valence-corrected chi connectivity index (χ2v) is 7.36. The number of aliphatic hydroxyl groups excluding tert-OH is 1. The van der Waals surface area contributed by atoms with Crippen LogP contribution in [0.15, 0.2) is 29.2 Å². The van der Waals surface area contributed by atoms with Crippen LogP contribution in [0.1, 0.15) is 25.3 Å². The summed E-state index contributed by atoms with van der Waals surface area (Å²) >= 11 is 1.75. The summed E-state index contributed by atoms with van der Waals surface area (Å²) in [6, 6.07) is 8.13. The molecule has 5 heteroatoms. The highest BCUT2D eigenvalue weighted by molar-refractivity contribution is 7.99. The summed E-state index contributed by atoms with van der Waals surface area (Å²) in [7, 11) is 0. The van der Waals surface area contributed by atoms with Gasteiger partial charge in [0, 0.05) is 23.7 Å². The number of hydrogen-bond acceptors (Lipinski definition) is 4. The lowest BCUT2D eigenvalue weighted by Gasteiger charge is -2.43.